The SMILES string of the molecule is CC1(C)CC(=O)C2=C(C1)Nc1cc(Cl)ccc1NC2c1ccc(Cl)c([N+](=O)[O-])c1. The van der Waals surface area contributed by atoms with E-state index in [-0.39, 0.29) is 21.9 Å². The summed E-state index contributed by atoms with van der Waals surface area (Å²) in [5, 5.41) is 18.8. The Hall–Kier alpha value is -2.57. The number of hydrogen-bond donors (Lipinski definition) is 2. The van der Waals surface area contributed by atoms with E-state index in [1.807, 2.05) is 6.07 Å². The number of nitro groups is 1. The molecule has 1 atom stereocenters. The molecule has 6 nitrogen and oxygen atoms in total. The lowest BCUT2D eigenvalue weighted by atomic mass is 9.73. The summed E-state index contributed by atoms with van der Waals surface area (Å²) in [6.45, 7) is 4.10. The summed E-state index contributed by atoms with van der Waals surface area (Å²) in [6, 6.07) is 9.48. The number of halogens is 2. The molecule has 0 spiro atoms. The number of ketones is 1. The van der Waals surface area contributed by atoms with Crippen LogP contribution in [0.1, 0.15) is 38.3 Å². The maximum atomic E-state index is 13.2. The van der Waals surface area contributed by atoms with Gasteiger partial charge in [-0.3, -0.25) is 14.9 Å². The first-order valence-electron chi connectivity index (χ1n) is 9.18. The number of carbonyl (C=O) groups is 1. The van der Waals surface area contributed by atoms with E-state index < -0.39 is 11.0 Å². The van der Waals surface area contributed by atoms with Gasteiger partial charge in [-0.25, -0.2) is 0 Å². The minimum Gasteiger partial charge on any atom is -0.372 e. The first-order valence-corrected chi connectivity index (χ1v) is 9.93. The molecule has 1 heterocycles. The number of fused-ring (bicyclic) bond motifs is 1. The van der Waals surface area contributed by atoms with Crippen molar-refractivity contribution in [1.82, 2.24) is 0 Å². The Labute approximate surface area is 178 Å². The van der Waals surface area contributed by atoms with E-state index >= 15 is 0 Å². The summed E-state index contributed by atoms with van der Waals surface area (Å²) < 4.78 is 0. The number of nitrogens with one attached hydrogen (secondary N) is 2. The summed E-state index contributed by atoms with van der Waals surface area (Å²) >= 11 is 12.2. The lowest BCUT2D eigenvalue weighted by molar-refractivity contribution is -0.384. The molecule has 2 aromatic rings. The molecular formula is C21H19Cl2N3O3. The first-order chi connectivity index (χ1) is 13.6. The van der Waals surface area contributed by atoms with Gasteiger partial charge in [-0.2, -0.15) is 0 Å². The fourth-order valence-electron chi connectivity index (χ4n) is 4.02. The zero-order valence-electron chi connectivity index (χ0n) is 15.9. The summed E-state index contributed by atoms with van der Waals surface area (Å²) in [7, 11) is 0. The monoisotopic (exact) mass is 431 g/mol. The zero-order valence-corrected chi connectivity index (χ0v) is 17.4. The van der Waals surface area contributed by atoms with Crippen molar-refractivity contribution >= 4 is 46.0 Å². The van der Waals surface area contributed by atoms with Crippen molar-refractivity contribution in [3.05, 3.63) is 73.4 Å². The Kier molecular flexibility index (Phi) is 4.79. The van der Waals surface area contributed by atoms with Gasteiger partial charge in [0.05, 0.1) is 22.3 Å². The summed E-state index contributed by atoms with van der Waals surface area (Å²) in [5.74, 6) is 0.0118. The minimum absolute atomic E-state index is 0.0118. The molecule has 0 saturated heterocycles. The molecule has 0 bridgehead atoms. The summed E-state index contributed by atoms with van der Waals surface area (Å²) in [6.07, 6.45) is 1.08. The number of Topliss-reactive ketones (excluding diaryl/α,β-unsaturated/α-hetero) is 1. The lowest BCUT2D eigenvalue weighted by Crippen LogP contribution is -2.31. The summed E-state index contributed by atoms with van der Waals surface area (Å²) in [4.78, 5) is 24.0. The van der Waals surface area contributed by atoms with Gasteiger partial charge in [0.1, 0.15) is 5.02 Å². The number of hydrogen-bond acceptors (Lipinski definition) is 5. The highest BCUT2D eigenvalue weighted by atomic mass is 35.5. The molecule has 0 fully saturated rings. The topological polar surface area (TPSA) is 84.3 Å². The Morgan fingerprint density at radius 1 is 1.10 bits per heavy atom. The average Bonchev–Trinajstić information content (AvgIpc) is 2.76. The highest BCUT2D eigenvalue weighted by Gasteiger charge is 2.39. The fourth-order valence-corrected chi connectivity index (χ4v) is 4.38. The van der Waals surface area contributed by atoms with Crippen molar-refractivity contribution in [2.45, 2.75) is 32.7 Å². The summed E-state index contributed by atoms with van der Waals surface area (Å²) in [5.41, 5.74) is 3.15. The van der Waals surface area contributed by atoms with Gasteiger partial charge in [0.15, 0.2) is 5.78 Å². The van der Waals surface area contributed by atoms with Gasteiger partial charge >= 0.3 is 0 Å². The number of nitrogens with zero attached hydrogens (tertiary/aromatic N) is 1. The molecule has 2 aliphatic rings. The maximum Gasteiger partial charge on any atom is 0.288 e. The molecule has 8 heteroatoms. The van der Waals surface area contributed by atoms with Gasteiger partial charge in [-0.15, -0.1) is 0 Å². The van der Waals surface area contributed by atoms with Crippen LogP contribution in [0.4, 0.5) is 17.1 Å². The van der Waals surface area contributed by atoms with Crippen LogP contribution in [-0.4, -0.2) is 10.7 Å². The van der Waals surface area contributed by atoms with E-state index in [0.717, 1.165) is 17.1 Å². The van der Waals surface area contributed by atoms with Crippen LogP contribution in [0.2, 0.25) is 10.0 Å². The third-order valence-electron chi connectivity index (χ3n) is 5.28. The number of nitro benzene ring substituents is 1. The van der Waals surface area contributed by atoms with E-state index in [9.17, 15) is 14.9 Å². The quantitative estimate of drug-likeness (QED) is 0.441. The predicted octanol–water partition coefficient (Wildman–Crippen LogP) is 6.12. The van der Waals surface area contributed by atoms with E-state index in [0.29, 0.717) is 29.0 Å². The Morgan fingerprint density at radius 2 is 1.86 bits per heavy atom. The number of allylic oxidation sites excluding steroid dienone is 1. The molecule has 0 saturated carbocycles. The molecule has 29 heavy (non-hydrogen) atoms. The highest BCUT2D eigenvalue weighted by Crippen LogP contribution is 2.46. The zero-order chi connectivity index (χ0) is 20.9. The molecule has 1 unspecified atom stereocenters. The molecule has 0 aromatic heterocycles. The van der Waals surface area contributed by atoms with Gasteiger partial charge in [0.25, 0.3) is 5.69 Å². The van der Waals surface area contributed by atoms with Crippen molar-refractivity contribution in [2.24, 2.45) is 5.41 Å². The van der Waals surface area contributed by atoms with Crippen LogP contribution in [0.25, 0.3) is 0 Å². The van der Waals surface area contributed by atoms with E-state index in [2.05, 4.69) is 24.5 Å². The number of anilines is 2. The minimum atomic E-state index is -0.542. The third kappa shape index (κ3) is 3.70. The second kappa shape index (κ2) is 7.04. The van der Waals surface area contributed by atoms with E-state index in [1.165, 1.54) is 12.1 Å². The van der Waals surface area contributed by atoms with Gasteiger partial charge < -0.3 is 10.6 Å². The molecule has 150 valence electrons. The highest BCUT2D eigenvalue weighted by molar-refractivity contribution is 6.32. The normalized spacial score (nSPS) is 20.1. The molecule has 1 aliphatic heterocycles. The van der Waals surface area contributed by atoms with Gasteiger partial charge in [-0.05, 0) is 41.7 Å². The van der Waals surface area contributed by atoms with Gasteiger partial charge in [0, 0.05) is 28.8 Å². The number of carbonyl (C=O) groups excluding carboxylic acids is 1. The van der Waals surface area contributed by atoms with Crippen molar-refractivity contribution in [3.8, 4) is 0 Å². The fraction of sp³-hybridized carbons (Fsp3) is 0.286. The number of rotatable bonds is 2. The first kappa shape index (κ1) is 19.7. The molecular weight excluding hydrogens is 413 g/mol. The smallest absolute Gasteiger partial charge is 0.288 e. The predicted molar refractivity (Wildman–Crippen MR) is 115 cm³/mol. The standard InChI is InChI=1S/C21H19Cl2N3O3/c1-21(2)9-16-19(18(27)10-21)20(11-3-5-13(23)17(7-11)26(28)29)25-14-6-4-12(22)8-15(14)24-16/h3-8,20,24-25H,9-10H2,1-2H3. The van der Waals surface area contributed by atoms with Crippen molar-refractivity contribution in [2.75, 3.05) is 10.6 Å². The van der Waals surface area contributed by atoms with Gasteiger partial charge in [-0.1, -0.05) is 43.1 Å². The Balaban J connectivity index is 1.91. The second-order valence-electron chi connectivity index (χ2n) is 8.19. The Morgan fingerprint density at radius 3 is 2.59 bits per heavy atom. The second-order valence-corrected chi connectivity index (χ2v) is 9.04. The van der Waals surface area contributed by atoms with Crippen LogP contribution in [0, 0.1) is 15.5 Å². The largest absolute Gasteiger partial charge is 0.372 e. The van der Waals surface area contributed by atoms with Crippen LogP contribution >= 0.6 is 23.2 Å². The maximum absolute atomic E-state index is 13.2. The molecule has 2 aromatic carbocycles. The van der Waals surface area contributed by atoms with Gasteiger partial charge in [0.2, 0.25) is 0 Å². The number of benzene rings is 2. The molecule has 4 rings (SSSR count). The molecule has 2 N–H and O–H groups in total. The molecule has 0 amide bonds. The van der Waals surface area contributed by atoms with Crippen molar-refractivity contribution in [3.63, 3.8) is 0 Å². The molecule has 0 radical (unpaired) electrons. The van der Waals surface area contributed by atoms with Crippen molar-refractivity contribution < 1.29 is 9.72 Å². The third-order valence-corrected chi connectivity index (χ3v) is 5.83. The van der Waals surface area contributed by atoms with Crippen LogP contribution in [0.5, 0.6) is 0 Å². The van der Waals surface area contributed by atoms with Crippen LogP contribution in [-0.2, 0) is 4.79 Å². The van der Waals surface area contributed by atoms with Crippen LogP contribution in [0.3, 0.4) is 0 Å². The van der Waals surface area contributed by atoms with Crippen LogP contribution < -0.4 is 10.6 Å². The molecule has 1 aliphatic carbocycles. The average molecular weight is 432 g/mol. The van der Waals surface area contributed by atoms with E-state index in [4.69, 9.17) is 23.2 Å². The van der Waals surface area contributed by atoms with E-state index in [1.54, 1.807) is 18.2 Å². The Bertz CT molecular complexity index is 1080. The van der Waals surface area contributed by atoms with Crippen LogP contribution in [0.15, 0.2) is 47.7 Å². The lowest BCUT2D eigenvalue weighted by Gasteiger charge is -2.34. The van der Waals surface area contributed by atoms with Crippen molar-refractivity contribution in [1.29, 1.82) is 0 Å².